The summed E-state index contributed by atoms with van der Waals surface area (Å²) in [4.78, 5) is 32.8. The van der Waals surface area contributed by atoms with Crippen LogP contribution in [-0.2, 0) is 22.4 Å². The Bertz CT molecular complexity index is 1820. The molecule has 6 rings (SSSR count). The van der Waals surface area contributed by atoms with Crippen molar-refractivity contribution in [3.63, 3.8) is 0 Å². The number of carbonyl (C=O) groups is 2. The zero-order chi connectivity index (χ0) is 37.4. The number of phenolic OH excluding ortho intramolecular Hbond substituents is 1. The number of nitrogens with zero attached hydrogens (tertiary/aromatic N) is 1. The molecule has 0 radical (unpaired) electrons. The van der Waals surface area contributed by atoms with Gasteiger partial charge in [0, 0.05) is 23.5 Å². The van der Waals surface area contributed by atoms with Crippen molar-refractivity contribution in [1.82, 2.24) is 10.2 Å². The number of phenols is 1. The van der Waals surface area contributed by atoms with Crippen molar-refractivity contribution in [3.05, 3.63) is 118 Å². The number of aromatic hydroxyl groups is 1. The minimum absolute atomic E-state index is 0.0164. The maximum absolute atomic E-state index is 13.9. The number of benzene rings is 3. The van der Waals surface area contributed by atoms with E-state index in [0.717, 1.165) is 51.5 Å². The second kappa shape index (κ2) is 17.6. The molecular formula is C47H60N3O3+. The highest BCUT2D eigenvalue weighted by molar-refractivity contribution is 6.28. The van der Waals surface area contributed by atoms with E-state index in [4.69, 9.17) is 0 Å². The van der Waals surface area contributed by atoms with Gasteiger partial charge >= 0.3 is 0 Å². The quantitative estimate of drug-likeness (QED) is 0.109. The average molecular weight is 715 g/mol. The van der Waals surface area contributed by atoms with Gasteiger partial charge in [-0.15, -0.1) is 0 Å². The standard InChI is InChI=1S/C47H59N3O3/c1-5-6-7-8-9-10-11-12-13-14-15-28-47(3,4)40-31-39(44(40)52)36-22-20-35(21-23-36)30-42-46(53)50-32-43(37-24-26-38(51)27-25-37)48-41(45(50)49-42)29-34-18-16-33(2)17-19-34/h16-27,31,40,42,49,51H,5-15,28-30,32H2,1-4H3/p+1. The van der Waals surface area contributed by atoms with E-state index >= 15 is 0 Å². The lowest BCUT2D eigenvalue weighted by Crippen LogP contribution is -2.76. The molecule has 2 atom stereocenters. The molecule has 3 aromatic carbocycles. The van der Waals surface area contributed by atoms with Gasteiger partial charge in [-0.2, -0.15) is 0 Å². The van der Waals surface area contributed by atoms with Crippen LogP contribution in [0.5, 0.6) is 5.75 Å². The lowest BCUT2D eigenvalue weighted by molar-refractivity contribution is -0.406. The minimum atomic E-state index is -0.393. The van der Waals surface area contributed by atoms with Crippen molar-refractivity contribution < 1.29 is 19.7 Å². The molecule has 2 heterocycles. The van der Waals surface area contributed by atoms with Gasteiger partial charge in [-0.1, -0.05) is 152 Å². The van der Waals surface area contributed by atoms with Crippen LogP contribution in [0, 0.1) is 18.3 Å². The van der Waals surface area contributed by atoms with Crippen LogP contribution in [0.1, 0.15) is 126 Å². The first-order chi connectivity index (χ1) is 25.6. The van der Waals surface area contributed by atoms with Crippen LogP contribution in [-0.4, -0.2) is 40.0 Å². The number of hydrogen-bond donors (Lipinski definition) is 3. The fraction of sp³-hybridized carbons (Fsp3) is 0.468. The van der Waals surface area contributed by atoms with Crippen LogP contribution in [0.2, 0.25) is 0 Å². The second-order valence-corrected chi connectivity index (χ2v) is 16.4. The summed E-state index contributed by atoms with van der Waals surface area (Å²) >= 11 is 0. The number of nitrogens with one attached hydrogen (secondary N) is 2. The van der Waals surface area contributed by atoms with Gasteiger partial charge in [0.05, 0.1) is 6.42 Å². The van der Waals surface area contributed by atoms with Gasteiger partial charge < -0.3 is 10.4 Å². The lowest BCUT2D eigenvalue weighted by Gasteiger charge is -2.38. The van der Waals surface area contributed by atoms with Crippen molar-refractivity contribution in [2.24, 2.45) is 11.3 Å². The summed E-state index contributed by atoms with van der Waals surface area (Å²) in [5.74, 6) is 1.33. The Morgan fingerprint density at radius 2 is 1.36 bits per heavy atom. The maximum atomic E-state index is 13.9. The van der Waals surface area contributed by atoms with Gasteiger partial charge in [-0.05, 0) is 59.7 Å². The highest BCUT2D eigenvalue weighted by Crippen LogP contribution is 2.44. The highest BCUT2D eigenvalue weighted by atomic mass is 16.3. The Hall–Kier alpha value is -4.45. The monoisotopic (exact) mass is 714 g/mol. The third-order valence-corrected chi connectivity index (χ3v) is 11.6. The topological polar surface area (TPSA) is 83.6 Å². The number of fused-ring (bicyclic) bond motifs is 1. The van der Waals surface area contributed by atoms with Crippen molar-refractivity contribution in [2.45, 2.75) is 124 Å². The molecule has 53 heavy (non-hydrogen) atoms. The van der Waals surface area contributed by atoms with Crippen LogP contribution in [0.4, 0.5) is 0 Å². The van der Waals surface area contributed by atoms with Crippen LogP contribution in [0.3, 0.4) is 0 Å². The normalized spacial score (nSPS) is 18.5. The summed E-state index contributed by atoms with van der Waals surface area (Å²) in [6.45, 7) is 9.28. The van der Waals surface area contributed by atoms with E-state index < -0.39 is 6.04 Å². The number of hydrogen-bond acceptors (Lipinski definition) is 4. The predicted octanol–water partition coefficient (Wildman–Crippen LogP) is 8.35. The first kappa shape index (κ1) is 38.3. The Labute approximate surface area is 317 Å². The summed E-state index contributed by atoms with van der Waals surface area (Å²) in [6, 6.07) is 23.4. The molecule has 0 aromatic heterocycles. The molecule has 1 saturated heterocycles. The fourth-order valence-electron chi connectivity index (χ4n) is 8.12. The summed E-state index contributed by atoms with van der Waals surface area (Å²) in [7, 11) is 0. The number of ketones is 1. The van der Waals surface area contributed by atoms with Crippen LogP contribution < -0.4 is 10.3 Å². The third kappa shape index (κ3) is 9.57. The smallest absolute Gasteiger partial charge is 0.251 e. The summed E-state index contributed by atoms with van der Waals surface area (Å²) in [5, 5.41) is 13.4. The van der Waals surface area contributed by atoms with Crippen molar-refractivity contribution in [2.75, 3.05) is 6.54 Å². The Morgan fingerprint density at radius 3 is 1.98 bits per heavy atom. The van der Waals surface area contributed by atoms with Gasteiger partial charge in [0.15, 0.2) is 11.6 Å². The van der Waals surface area contributed by atoms with Crippen LogP contribution >= 0.6 is 0 Å². The number of Topliss-reactive ketones (excluding diaryl/α,β-unsaturated/α-hetero) is 1. The number of amides is 1. The van der Waals surface area contributed by atoms with Crippen molar-refractivity contribution in [1.29, 1.82) is 0 Å². The number of aryl methyl sites for hydroxylation is 1. The molecule has 3 aromatic rings. The minimum Gasteiger partial charge on any atom is -0.508 e. The van der Waals surface area contributed by atoms with E-state index in [1.54, 1.807) is 12.1 Å². The summed E-state index contributed by atoms with van der Waals surface area (Å²) in [5.41, 5.74) is 8.00. The van der Waals surface area contributed by atoms with Gasteiger partial charge in [-0.25, -0.2) is 4.99 Å². The molecule has 6 heteroatoms. The highest BCUT2D eigenvalue weighted by Gasteiger charge is 2.43. The van der Waals surface area contributed by atoms with E-state index in [0.29, 0.717) is 19.4 Å². The zero-order valence-corrected chi connectivity index (χ0v) is 32.5. The Kier molecular flexibility index (Phi) is 12.7. The Morgan fingerprint density at radius 1 is 0.774 bits per heavy atom. The first-order valence-corrected chi connectivity index (χ1v) is 20.3. The molecule has 0 bridgehead atoms. The molecule has 1 fully saturated rings. The number of carbonyl (C=O) groups excluding carboxylic acids is 2. The van der Waals surface area contributed by atoms with Gasteiger partial charge in [0.2, 0.25) is 11.4 Å². The van der Waals surface area contributed by atoms with E-state index in [1.807, 2.05) is 29.2 Å². The molecular weight excluding hydrogens is 655 g/mol. The zero-order valence-electron chi connectivity index (χ0n) is 32.5. The molecule has 2 aliphatic heterocycles. The van der Waals surface area contributed by atoms with Crippen molar-refractivity contribution >= 4 is 23.0 Å². The van der Waals surface area contributed by atoms with Gasteiger partial charge in [0.1, 0.15) is 18.3 Å². The van der Waals surface area contributed by atoms with Crippen LogP contribution in [0.25, 0.3) is 5.57 Å². The van der Waals surface area contributed by atoms with E-state index in [9.17, 15) is 14.7 Å². The van der Waals surface area contributed by atoms with E-state index in [2.05, 4.69) is 80.5 Å². The molecule has 3 N–H and O–H groups in total. The average Bonchev–Trinajstić information content (AvgIpc) is 3.46. The molecule has 0 spiro atoms. The maximum Gasteiger partial charge on any atom is 0.251 e. The molecule has 280 valence electrons. The third-order valence-electron chi connectivity index (χ3n) is 11.6. The SMILES string of the molecule is CCCCCCCCCCCCCC(C)(C)C1C=C(c2ccc(CC3NC4=C(Cc5ccc(C)cc5)[NH+]=C(c5ccc(O)cc5)CN4C3=O)cc2)C1=O. The lowest BCUT2D eigenvalue weighted by atomic mass is 9.64. The number of allylic oxidation sites excluding steroid dienone is 3. The van der Waals surface area contributed by atoms with Crippen LogP contribution in [0.15, 0.2) is 90.4 Å². The first-order valence-electron chi connectivity index (χ1n) is 20.3. The van der Waals surface area contributed by atoms with Gasteiger partial charge in [-0.3, -0.25) is 14.5 Å². The van der Waals surface area contributed by atoms with E-state index in [1.165, 1.54) is 76.2 Å². The molecule has 1 amide bonds. The Balaban J connectivity index is 1.03. The predicted molar refractivity (Wildman–Crippen MR) is 215 cm³/mol. The van der Waals surface area contributed by atoms with Crippen molar-refractivity contribution in [3.8, 4) is 5.75 Å². The largest absolute Gasteiger partial charge is 0.508 e. The van der Waals surface area contributed by atoms with Gasteiger partial charge in [0.25, 0.3) is 5.91 Å². The fourth-order valence-corrected chi connectivity index (χ4v) is 8.12. The summed E-state index contributed by atoms with van der Waals surface area (Å²) in [6.07, 6.45) is 19.2. The summed E-state index contributed by atoms with van der Waals surface area (Å²) < 4.78 is 0. The number of unbranched alkanes of at least 4 members (excludes halogenated alkanes) is 10. The molecule has 2 unspecified atom stereocenters. The molecule has 3 aliphatic rings. The molecule has 1 aliphatic carbocycles. The second-order valence-electron chi connectivity index (χ2n) is 16.4. The molecule has 0 saturated carbocycles. The van der Waals surface area contributed by atoms with E-state index in [-0.39, 0.29) is 28.8 Å². The molecule has 6 nitrogen and oxygen atoms in total. The number of rotatable bonds is 19.